The summed E-state index contributed by atoms with van der Waals surface area (Å²) in [6, 6.07) is 11.6. The molecule has 0 radical (unpaired) electrons. The number of halogens is 1. The number of esters is 1. The zero-order valence-corrected chi connectivity index (χ0v) is 19.1. The van der Waals surface area contributed by atoms with E-state index in [2.05, 4.69) is 0 Å². The molecule has 13 heteroatoms. The first-order valence-corrected chi connectivity index (χ1v) is 10.5. The number of hydrogen-bond acceptors (Lipinski definition) is 9. The van der Waals surface area contributed by atoms with Crippen LogP contribution in [0.2, 0.25) is 5.02 Å². The Kier molecular flexibility index (Phi) is 6.36. The van der Waals surface area contributed by atoms with Crippen LogP contribution in [0.4, 0.5) is 17.1 Å². The third-order valence-electron chi connectivity index (χ3n) is 5.37. The largest absolute Gasteiger partial charge is 0.496 e. The summed E-state index contributed by atoms with van der Waals surface area (Å²) in [5, 5.41) is 22.3. The predicted octanol–water partition coefficient (Wildman–Crippen LogP) is 4.32. The molecule has 3 aromatic carbocycles. The summed E-state index contributed by atoms with van der Waals surface area (Å²) in [6.45, 7) is -0.416. The Bertz CT molecular complexity index is 1470. The molecule has 182 valence electrons. The van der Waals surface area contributed by atoms with Gasteiger partial charge in [0.15, 0.2) is 0 Å². The summed E-state index contributed by atoms with van der Waals surface area (Å²) in [6.07, 6.45) is 0. The highest BCUT2D eigenvalue weighted by Crippen LogP contribution is 2.40. The van der Waals surface area contributed by atoms with Gasteiger partial charge in [-0.05, 0) is 18.2 Å². The molecule has 1 aliphatic rings. The zero-order valence-electron chi connectivity index (χ0n) is 18.3. The normalized spacial score (nSPS) is 12.3. The first-order valence-electron chi connectivity index (χ1n) is 10.1. The number of anilines is 1. The van der Waals surface area contributed by atoms with E-state index in [4.69, 9.17) is 21.1 Å². The lowest BCUT2D eigenvalue weighted by Gasteiger charge is -2.18. The van der Waals surface area contributed by atoms with Gasteiger partial charge in [0, 0.05) is 18.2 Å². The van der Waals surface area contributed by atoms with Crippen molar-refractivity contribution >= 4 is 46.4 Å². The van der Waals surface area contributed by atoms with Gasteiger partial charge >= 0.3 is 5.97 Å². The van der Waals surface area contributed by atoms with Crippen LogP contribution in [0.15, 0.2) is 54.6 Å². The van der Waals surface area contributed by atoms with Crippen LogP contribution in [-0.2, 0) is 11.3 Å². The van der Waals surface area contributed by atoms with Gasteiger partial charge in [0.1, 0.15) is 23.5 Å². The lowest BCUT2D eigenvalue weighted by Crippen LogP contribution is -2.30. The quantitative estimate of drug-likeness (QED) is 0.195. The molecule has 1 heterocycles. The van der Waals surface area contributed by atoms with Crippen LogP contribution in [0.25, 0.3) is 0 Å². The Morgan fingerprint density at radius 2 is 1.64 bits per heavy atom. The van der Waals surface area contributed by atoms with Crippen LogP contribution in [0.1, 0.15) is 36.6 Å². The van der Waals surface area contributed by atoms with E-state index >= 15 is 0 Å². The molecule has 4 rings (SSSR count). The maximum atomic E-state index is 13.0. The van der Waals surface area contributed by atoms with E-state index in [1.54, 1.807) is 6.07 Å². The molecular weight excluding hydrogens is 498 g/mol. The molecule has 0 atom stereocenters. The Morgan fingerprint density at radius 1 is 0.972 bits per heavy atom. The Hall–Kier alpha value is -4.84. The molecule has 0 saturated carbocycles. The molecule has 0 aliphatic carbocycles. The number of carbonyl (C=O) groups is 3. The Balaban J connectivity index is 1.66. The van der Waals surface area contributed by atoms with Crippen molar-refractivity contribution in [2.24, 2.45) is 0 Å². The van der Waals surface area contributed by atoms with Crippen molar-refractivity contribution in [3.05, 3.63) is 102 Å². The van der Waals surface area contributed by atoms with Crippen LogP contribution >= 0.6 is 11.6 Å². The second-order valence-corrected chi connectivity index (χ2v) is 7.78. The standard InChI is InChI=1S/C23H14ClN3O9/c1-35-19-10-18(25-21(28)13-6-4-8-17(27(33)34)20(13)22(25)29)15(24)9-14(19)23(30)36-11-12-5-2-3-7-16(12)26(31)32/h2-10H,11H2,1H3. The van der Waals surface area contributed by atoms with Crippen molar-refractivity contribution < 1.29 is 33.7 Å². The van der Waals surface area contributed by atoms with Gasteiger partial charge in [0.2, 0.25) is 0 Å². The van der Waals surface area contributed by atoms with Crippen LogP contribution in [0, 0.1) is 20.2 Å². The number of methoxy groups -OCH3 is 1. The molecule has 0 bridgehead atoms. The van der Waals surface area contributed by atoms with Crippen LogP contribution in [0.3, 0.4) is 0 Å². The lowest BCUT2D eigenvalue weighted by atomic mass is 10.1. The van der Waals surface area contributed by atoms with Crippen molar-refractivity contribution in [1.82, 2.24) is 0 Å². The topological polar surface area (TPSA) is 159 Å². The number of para-hydroxylation sites is 1. The first kappa shape index (κ1) is 24.3. The van der Waals surface area contributed by atoms with E-state index in [9.17, 15) is 34.6 Å². The number of imide groups is 1. The molecule has 2 amide bonds. The second kappa shape index (κ2) is 9.43. The smallest absolute Gasteiger partial charge is 0.342 e. The highest BCUT2D eigenvalue weighted by atomic mass is 35.5. The number of nitro benzene ring substituents is 2. The first-order chi connectivity index (χ1) is 17.1. The summed E-state index contributed by atoms with van der Waals surface area (Å²) >= 11 is 6.31. The number of amides is 2. The van der Waals surface area contributed by atoms with Crippen LogP contribution in [0.5, 0.6) is 5.75 Å². The third-order valence-corrected chi connectivity index (χ3v) is 5.67. The maximum Gasteiger partial charge on any atom is 0.342 e. The minimum atomic E-state index is -0.960. The van der Waals surface area contributed by atoms with Crippen molar-refractivity contribution in [1.29, 1.82) is 0 Å². The van der Waals surface area contributed by atoms with Gasteiger partial charge in [-0.3, -0.25) is 29.8 Å². The monoisotopic (exact) mass is 511 g/mol. The minimum absolute atomic E-state index is 0.118. The number of nitro groups is 2. The van der Waals surface area contributed by atoms with Gasteiger partial charge < -0.3 is 9.47 Å². The summed E-state index contributed by atoms with van der Waals surface area (Å²) < 4.78 is 10.4. The summed E-state index contributed by atoms with van der Waals surface area (Å²) in [5.74, 6) is -2.85. The SMILES string of the molecule is COc1cc(N2C(=O)c3cccc([N+](=O)[O-])c3C2=O)c(Cl)cc1C(=O)OCc1ccccc1[N+](=O)[O-]. The predicted molar refractivity (Wildman–Crippen MR) is 124 cm³/mol. The minimum Gasteiger partial charge on any atom is -0.496 e. The van der Waals surface area contributed by atoms with Crippen LogP contribution < -0.4 is 9.64 Å². The van der Waals surface area contributed by atoms with Crippen molar-refractivity contribution in [2.75, 3.05) is 12.0 Å². The van der Waals surface area contributed by atoms with E-state index in [0.717, 1.165) is 18.2 Å². The maximum absolute atomic E-state index is 13.0. The van der Waals surface area contributed by atoms with Gasteiger partial charge in [-0.1, -0.05) is 29.8 Å². The molecule has 12 nitrogen and oxygen atoms in total. The molecule has 3 aromatic rings. The Labute approximate surface area is 206 Å². The number of fused-ring (bicyclic) bond motifs is 1. The second-order valence-electron chi connectivity index (χ2n) is 7.37. The summed E-state index contributed by atoms with van der Waals surface area (Å²) in [7, 11) is 1.22. The van der Waals surface area contributed by atoms with Crippen LogP contribution in [-0.4, -0.2) is 34.7 Å². The molecule has 0 spiro atoms. The van der Waals surface area contributed by atoms with Gasteiger partial charge in [0.05, 0.1) is 38.8 Å². The van der Waals surface area contributed by atoms with E-state index in [0.29, 0.717) is 4.90 Å². The van der Waals surface area contributed by atoms with Gasteiger partial charge in [-0.15, -0.1) is 0 Å². The van der Waals surface area contributed by atoms with Gasteiger partial charge in [-0.25, -0.2) is 9.69 Å². The number of rotatable bonds is 7. The number of benzene rings is 3. The number of ether oxygens (including phenoxy) is 2. The highest BCUT2D eigenvalue weighted by Gasteiger charge is 2.43. The Morgan fingerprint density at radius 3 is 2.31 bits per heavy atom. The van der Waals surface area contributed by atoms with E-state index in [-0.39, 0.29) is 44.4 Å². The van der Waals surface area contributed by atoms with E-state index < -0.39 is 39.9 Å². The average molecular weight is 512 g/mol. The zero-order chi connectivity index (χ0) is 26.1. The lowest BCUT2D eigenvalue weighted by molar-refractivity contribution is -0.385. The van der Waals surface area contributed by atoms with E-state index in [1.807, 2.05) is 0 Å². The molecular formula is C23H14ClN3O9. The summed E-state index contributed by atoms with van der Waals surface area (Å²) in [5.41, 5.74) is -1.49. The average Bonchev–Trinajstić information content (AvgIpc) is 3.12. The molecule has 36 heavy (non-hydrogen) atoms. The fourth-order valence-corrected chi connectivity index (χ4v) is 3.96. The molecule has 0 saturated heterocycles. The fraction of sp³-hybridized carbons (Fsp3) is 0.0870. The highest BCUT2D eigenvalue weighted by molar-refractivity contribution is 6.40. The fourth-order valence-electron chi connectivity index (χ4n) is 3.71. The molecule has 0 fully saturated rings. The molecule has 0 aromatic heterocycles. The molecule has 0 unspecified atom stereocenters. The number of carbonyl (C=O) groups excluding carboxylic acids is 3. The third kappa shape index (κ3) is 4.09. The van der Waals surface area contributed by atoms with Crippen molar-refractivity contribution in [2.45, 2.75) is 6.61 Å². The van der Waals surface area contributed by atoms with Crippen molar-refractivity contribution in [3.63, 3.8) is 0 Å². The number of hydrogen-bond donors (Lipinski definition) is 0. The summed E-state index contributed by atoms with van der Waals surface area (Å²) in [4.78, 5) is 60.5. The number of nitrogens with zero attached hydrogens (tertiary/aromatic N) is 3. The molecule has 0 N–H and O–H groups in total. The van der Waals surface area contributed by atoms with Gasteiger partial charge in [0.25, 0.3) is 23.2 Å². The van der Waals surface area contributed by atoms with E-state index in [1.165, 1.54) is 37.4 Å². The van der Waals surface area contributed by atoms with Crippen molar-refractivity contribution in [3.8, 4) is 5.75 Å². The molecule has 1 aliphatic heterocycles. The van der Waals surface area contributed by atoms with Gasteiger partial charge in [-0.2, -0.15) is 0 Å².